The number of nitrogens with one attached hydrogen (secondary N) is 2. The summed E-state index contributed by atoms with van der Waals surface area (Å²) < 4.78 is 10.4. The van der Waals surface area contributed by atoms with Crippen molar-refractivity contribution in [3.05, 3.63) is 34.2 Å². The molecule has 3 rings (SSSR count). The number of aromatic amines is 2. The normalized spacial score (nSPS) is 11.0. The average molecular weight is 288 g/mol. The SMILES string of the molecule is COc1cc2[nH]c(=O)c3[nH]cc(C(=O)O)c3c2cc1OC. The number of aromatic nitrogens is 2. The number of ether oxygens (including phenoxy) is 2. The molecule has 0 saturated carbocycles. The number of hydrogen-bond acceptors (Lipinski definition) is 4. The molecule has 0 atom stereocenters. The Labute approximate surface area is 118 Å². The van der Waals surface area contributed by atoms with E-state index >= 15 is 0 Å². The number of rotatable bonds is 3. The molecular weight excluding hydrogens is 276 g/mol. The van der Waals surface area contributed by atoms with Crippen LogP contribution >= 0.6 is 0 Å². The van der Waals surface area contributed by atoms with Crippen LogP contribution in [0, 0.1) is 0 Å². The van der Waals surface area contributed by atoms with Crippen molar-refractivity contribution in [3.8, 4) is 11.5 Å². The fourth-order valence-corrected chi connectivity index (χ4v) is 2.42. The molecule has 21 heavy (non-hydrogen) atoms. The van der Waals surface area contributed by atoms with Crippen LogP contribution in [0.2, 0.25) is 0 Å². The van der Waals surface area contributed by atoms with Crippen molar-refractivity contribution in [3.63, 3.8) is 0 Å². The number of hydrogen-bond donors (Lipinski definition) is 3. The van der Waals surface area contributed by atoms with Crippen molar-refractivity contribution >= 4 is 27.8 Å². The van der Waals surface area contributed by atoms with Crippen LogP contribution in [0.3, 0.4) is 0 Å². The fraction of sp³-hybridized carbons (Fsp3) is 0.143. The Bertz CT molecular complexity index is 922. The van der Waals surface area contributed by atoms with Gasteiger partial charge in [0.05, 0.1) is 25.3 Å². The predicted octanol–water partition coefficient (Wildman–Crippen LogP) is 1.72. The summed E-state index contributed by atoms with van der Waals surface area (Å²) in [6, 6.07) is 3.25. The van der Waals surface area contributed by atoms with Crippen LogP contribution in [0.5, 0.6) is 11.5 Å². The quantitative estimate of drug-likeness (QED) is 0.680. The molecule has 7 heteroatoms. The minimum atomic E-state index is -1.11. The Morgan fingerprint density at radius 1 is 1.19 bits per heavy atom. The highest BCUT2D eigenvalue weighted by molar-refractivity contribution is 6.15. The molecular formula is C14H12N2O5. The number of fused-ring (bicyclic) bond motifs is 3. The number of carbonyl (C=O) groups is 1. The van der Waals surface area contributed by atoms with Gasteiger partial charge in [-0.2, -0.15) is 0 Å². The zero-order chi connectivity index (χ0) is 15.1. The van der Waals surface area contributed by atoms with Crippen molar-refractivity contribution < 1.29 is 19.4 Å². The lowest BCUT2D eigenvalue weighted by Gasteiger charge is -2.10. The number of pyridine rings is 1. The highest BCUT2D eigenvalue weighted by Gasteiger charge is 2.18. The summed E-state index contributed by atoms with van der Waals surface area (Å²) in [6.45, 7) is 0. The number of methoxy groups -OCH3 is 2. The van der Waals surface area contributed by atoms with Gasteiger partial charge in [0.2, 0.25) is 0 Å². The van der Waals surface area contributed by atoms with Gasteiger partial charge in [-0.05, 0) is 6.07 Å². The van der Waals surface area contributed by atoms with E-state index in [0.29, 0.717) is 27.8 Å². The molecule has 3 aromatic rings. The molecule has 0 saturated heterocycles. The summed E-state index contributed by atoms with van der Waals surface area (Å²) in [5, 5.41) is 10.2. The van der Waals surface area contributed by atoms with Crippen molar-refractivity contribution in [2.45, 2.75) is 0 Å². The van der Waals surface area contributed by atoms with Crippen molar-refractivity contribution in [1.29, 1.82) is 0 Å². The molecule has 3 N–H and O–H groups in total. The van der Waals surface area contributed by atoms with Gasteiger partial charge < -0.3 is 24.5 Å². The molecule has 2 heterocycles. The average Bonchev–Trinajstić information content (AvgIpc) is 2.92. The van der Waals surface area contributed by atoms with Gasteiger partial charge >= 0.3 is 5.97 Å². The van der Waals surface area contributed by atoms with E-state index < -0.39 is 11.5 Å². The number of benzene rings is 1. The summed E-state index contributed by atoms with van der Waals surface area (Å²) in [6.07, 6.45) is 1.30. The molecule has 0 aliphatic heterocycles. The Hall–Kier alpha value is -2.96. The molecule has 0 amide bonds. The molecule has 1 aromatic carbocycles. The second-order valence-corrected chi connectivity index (χ2v) is 4.46. The maximum absolute atomic E-state index is 12.0. The first-order chi connectivity index (χ1) is 10.1. The van der Waals surface area contributed by atoms with Crippen molar-refractivity contribution in [2.75, 3.05) is 14.2 Å². The van der Waals surface area contributed by atoms with Crippen molar-refractivity contribution in [1.82, 2.24) is 9.97 Å². The molecule has 0 aliphatic carbocycles. The summed E-state index contributed by atoms with van der Waals surface area (Å²) in [7, 11) is 2.97. The monoisotopic (exact) mass is 288 g/mol. The first-order valence-electron chi connectivity index (χ1n) is 6.09. The zero-order valence-electron chi connectivity index (χ0n) is 11.3. The van der Waals surface area contributed by atoms with Crippen LogP contribution in [0.15, 0.2) is 23.1 Å². The minimum Gasteiger partial charge on any atom is -0.493 e. The van der Waals surface area contributed by atoms with Crippen molar-refractivity contribution in [2.24, 2.45) is 0 Å². The number of aromatic carboxylic acids is 1. The molecule has 2 aromatic heterocycles. The van der Waals surface area contributed by atoms with Crippen LogP contribution in [-0.2, 0) is 0 Å². The van der Waals surface area contributed by atoms with Crippen LogP contribution in [0.4, 0.5) is 0 Å². The molecule has 0 bridgehead atoms. The molecule has 0 aliphatic rings. The second kappa shape index (κ2) is 4.55. The Balaban J connectivity index is 2.54. The van der Waals surface area contributed by atoms with E-state index in [1.807, 2.05) is 0 Å². The van der Waals surface area contributed by atoms with Crippen LogP contribution < -0.4 is 15.0 Å². The van der Waals surface area contributed by atoms with E-state index in [1.54, 1.807) is 12.1 Å². The smallest absolute Gasteiger partial charge is 0.337 e. The van der Waals surface area contributed by atoms with Gasteiger partial charge in [-0.3, -0.25) is 4.79 Å². The van der Waals surface area contributed by atoms with Crippen LogP contribution in [0.1, 0.15) is 10.4 Å². The first-order valence-corrected chi connectivity index (χ1v) is 6.09. The minimum absolute atomic E-state index is 0.0355. The lowest BCUT2D eigenvalue weighted by molar-refractivity contribution is 0.0699. The highest BCUT2D eigenvalue weighted by atomic mass is 16.5. The predicted molar refractivity (Wildman–Crippen MR) is 76.5 cm³/mol. The van der Waals surface area contributed by atoms with Gasteiger partial charge in [0.25, 0.3) is 5.56 Å². The maximum atomic E-state index is 12.0. The lowest BCUT2D eigenvalue weighted by atomic mass is 10.1. The largest absolute Gasteiger partial charge is 0.493 e. The number of carboxylic acid groups (broad SMARTS) is 1. The molecule has 0 spiro atoms. The van der Waals surface area contributed by atoms with Gasteiger partial charge in [0.15, 0.2) is 11.5 Å². The molecule has 7 nitrogen and oxygen atoms in total. The Kier molecular flexibility index (Phi) is 2.83. The van der Waals surface area contributed by atoms with E-state index in [0.717, 1.165) is 0 Å². The summed E-state index contributed by atoms with van der Waals surface area (Å²) in [4.78, 5) is 28.7. The van der Waals surface area contributed by atoms with E-state index in [-0.39, 0.29) is 11.1 Å². The zero-order valence-corrected chi connectivity index (χ0v) is 11.3. The Morgan fingerprint density at radius 3 is 2.48 bits per heavy atom. The third-order valence-corrected chi connectivity index (χ3v) is 3.38. The van der Waals surface area contributed by atoms with E-state index in [1.165, 1.54) is 20.4 Å². The Morgan fingerprint density at radius 2 is 1.86 bits per heavy atom. The van der Waals surface area contributed by atoms with Gasteiger partial charge in [0, 0.05) is 23.0 Å². The molecule has 0 unspecified atom stereocenters. The number of H-pyrrole nitrogens is 2. The van der Waals surface area contributed by atoms with Gasteiger partial charge in [-0.15, -0.1) is 0 Å². The number of carboxylic acids is 1. The third kappa shape index (κ3) is 1.82. The highest BCUT2D eigenvalue weighted by Crippen LogP contribution is 2.34. The second-order valence-electron chi connectivity index (χ2n) is 4.46. The topological polar surface area (TPSA) is 104 Å². The van der Waals surface area contributed by atoms with Gasteiger partial charge in [0.1, 0.15) is 5.52 Å². The maximum Gasteiger partial charge on any atom is 0.337 e. The third-order valence-electron chi connectivity index (χ3n) is 3.38. The van der Waals surface area contributed by atoms with E-state index in [4.69, 9.17) is 9.47 Å². The van der Waals surface area contributed by atoms with Gasteiger partial charge in [-0.1, -0.05) is 0 Å². The summed E-state index contributed by atoms with van der Waals surface area (Å²) >= 11 is 0. The molecule has 0 radical (unpaired) electrons. The molecule has 108 valence electrons. The lowest BCUT2D eigenvalue weighted by Crippen LogP contribution is -2.07. The standard InChI is InChI=1S/C14H12N2O5/c1-20-9-3-6-8(4-10(9)21-2)16-13(17)12-11(6)7(5-15-12)14(18)19/h3-5,15H,1-2H3,(H,16,17)(H,18,19). The van der Waals surface area contributed by atoms with E-state index in [2.05, 4.69) is 9.97 Å². The summed E-state index contributed by atoms with van der Waals surface area (Å²) in [5.74, 6) is -0.203. The fourth-order valence-electron chi connectivity index (χ4n) is 2.42. The molecule has 0 fully saturated rings. The van der Waals surface area contributed by atoms with Crippen LogP contribution in [-0.4, -0.2) is 35.3 Å². The summed E-state index contributed by atoms with van der Waals surface area (Å²) in [5.41, 5.74) is 0.338. The van der Waals surface area contributed by atoms with Crippen LogP contribution in [0.25, 0.3) is 21.8 Å². The van der Waals surface area contributed by atoms with E-state index in [9.17, 15) is 14.7 Å². The first kappa shape index (κ1) is 13.0. The van der Waals surface area contributed by atoms with Gasteiger partial charge in [-0.25, -0.2) is 4.79 Å².